The normalized spacial score (nSPS) is 13.2. The summed E-state index contributed by atoms with van der Waals surface area (Å²) in [4.78, 5) is 54.2. The minimum atomic E-state index is -1.32. The maximum atomic E-state index is 14.7. The van der Waals surface area contributed by atoms with Crippen LogP contribution in [0.25, 0.3) is 0 Å². The van der Waals surface area contributed by atoms with Crippen LogP contribution >= 0.6 is 23.5 Å². The van der Waals surface area contributed by atoms with Crippen LogP contribution in [0.2, 0.25) is 0 Å². The molecule has 74 heavy (non-hydrogen) atoms. The SMILES string of the molecule is COC(=O)C[C@H](O)[C@@H](Cc1ccccc1)NC(=O)[C@@H](CSC(c1ccccc1)(c1ccccc1)c1ccccc1)NC(=O)CNC(=O)C[C@H](O)/C=C/CCSC(c1ccccc1)(c1ccccc1)c1ccccc1. The van der Waals surface area contributed by atoms with Crippen LogP contribution in [0.3, 0.4) is 0 Å². The molecule has 12 heteroatoms. The van der Waals surface area contributed by atoms with E-state index in [1.807, 2.05) is 146 Å². The van der Waals surface area contributed by atoms with Crippen LogP contribution in [0, 0.1) is 0 Å². The summed E-state index contributed by atoms with van der Waals surface area (Å²) in [7, 11) is 1.23. The van der Waals surface area contributed by atoms with Crippen LogP contribution in [0.15, 0.2) is 224 Å². The van der Waals surface area contributed by atoms with Gasteiger partial charge in [0.2, 0.25) is 17.7 Å². The van der Waals surface area contributed by atoms with E-state index in [1.165, 1.54) is 18.9 Å². The third-order valence-corrected chi connectivity index (χ3v) is 15.9. The summed E-state index contributed by atoms with van der Waals surface area (Å²) < 4.78 is 3.51. The lowest BCUT2D eigenvalue weighted by atomic mass is 9.84. The molecule has 4 atom stereocenters. The smallest absolute Gasteiger partial charge is 0.308 e. The van der Waals surface area contributed by atoms with Crippen LogP contribution in [0.5, 0.6) is 0 Å². The molecule has 0 aliphatic rings. The van der Waals surface area contributed by atoms with Gasteiger partial charge in [-0.1, -0.05) is 224 Å². The Kier molecular flexibility index (Phi) is 20.4. The van der Waals surface area contributed by atoms with Crippen molar-refractivity contribution in [1.82, 2.24) is 16.0 Å². The molecule has 0 radical (unpaired) electrons. The minimum Gasteiger partial charge on any atom is -0.469 e. The van der Waals surface area contributed by atoms with E-state index in [0.29, 0.717) is 12.2 Å². The molecule has 0 saturated carbocycles. The molecule has 0 saturated heterocycles. The standard InChI is InChI=1S/C62H63N3O7S2/c1-72-59(70)43-56(67)54(41-46-25-9-2-10-26-46)65-60(71)55(45-74-62(50-33-17-6-18-34-50,51-35-19-7-20-36-51)52-37-21-8-22-38-52)64-58(69)44-63-57(68)42-53(66)39-23-24-40-73-61(47-27-11-3-12-28-47,48-29-13-4-14-30-48)49-31-15-5-16-32-49/h2-23,25-39,53-56,66-67H,24,40-45H2,1H3,(H,63,68)(H,64,69)(H,65,71)/b39-23+/t53-,54-,55-,56+/m1/s1. The molecule has 0 spiro atoms. The number of methoxy groups -OCH3 is 1. The van der Waals surface area contributed by atoms with Gasteiger partial charge >= 0.3 is 5.97 Å². The van der Waals surface area contributed by atoms with E-state index in [1.54, 1.807) is 17.8 Å². The van der Waals surface area contributed by atoms with E-state index in [4.69, 9.17) is 4.74 Å². The van der Waals surface area contributed by atoms with Crippen molar-refractivity contribution >= 4 is 47.2 Å². The Bertz CT molecular complexity index is 2650. The van der Waals surface area contributed by atoms with Gasteiger partial charge in [-0.05, 0) is 57.5 Å². The van der Waals surface area contributed by atoms with Crippen molar-refractivity contribution in [3.05, 3.63) is 263 Å². The molecule has 0 aliphatic carbocycles. The number of amides is 3. The lowest BCUT2D eigenvalue weighted by Gasteiger charge is -2.36. The van der Waals surface area contributed by atoms with Gasteiger partial charge in [-0.3, -0.25) is 19.2 Å². The van der Waals surface area contributed by atoms with Gasteiger partial charge in [-0.25, -0.2) is 0 Å². The van der Waals surface area contributed by atoms with E-state index in [-0.39, 0.29) is 25.0 Å². The third-order valence-electron chi connectivity index (χ3n) is 12.7. The maximum Gasteiger partial charge on any atom is 0.308 e. The Morgan fingerprint density at radius 2 is 0.946 bits per heavy atom. The molecular formula is C62H63N3O7S2. The first-order valence-electron chi connectivity index (χ1n) is 24.7. The van der Waals surface area contributed by atoms with Crippen LogP contribution in [-0.2, 0) is 39.8 Å². The number of hydrogen-bond donors (Lipinski definition) is 5. The fourth-order valence-corrected chi connectivity index (χ4v) is 12.1. The molecule has 0 aliphatic heterocycles. The predicted octanol–water partition coefficient (Wildman–Crippen LogP) is 9.39. The lowest BCUT2D eigenvalue weighted by Crippen LogP contribution is -2.55. The quantitative estimate of drug-likeness (QED) is 0.0155. The van der Waals surface area contributed by atoms with Crippen molar-refractivity contribution in [3.8, 4) is 0 Å². The largest absolute Gasteiger partial charge is 0.469 e. The second kappa shape index (κ2) is 27.7. The highest BCUT2D eigenvalue weighted by Gasteiger charge is 2.40. The van der Waals surface area contributed by atoms with Crippen LogP contribution in [0.4, 0.5) is 0 Å². The summed E-state index contributed by atoms with van der Waals surface area (Å²) in [6.07, 6.45) is 1.19. The number of rotatable bonds is 26. The molecule has 10 nitrogen and oxygen atoms in total. The van der Waals surface area contributed by atoms with E-state index < -0.39 is 64.0 Å². The summed E-state index contributed by atoms with van der Waals surface area (Å²) in [6, 6.07) is 68.2. The Balaban J connectivity index is 1.05. The van der Waals surface area contributed by atoms with Crippen molar-refractivity contribution in [2.24, 2.45) is 0 Å². The molecular weight excluding hydrogens is 963 g/mol. The second-order valence-electron chi connectivity index (χ2n) is 17.8. The number of thioether (sulfide) groups is 2. The van der Waals surface area contributed by atoms with E-state index in [9.17, 15) is 29.4 Å². The van der Waals surface area contributed by atoms with Gasteiger partial charge in [0.1, 0.15) is 6.04 Å². The average Bonchev–Trinajstić information content (AvgIpc) is 3.45. The van der Waals surface area contributed by atoms with Crippen LogP contribution in [0.1, 0.15) is 58.2 Å². The zero-order chi connectivity index (χ0) is 52.0. The average molecular weight is 1030 g/mol. The third kappa shape index (κ3) is 14.5. The summed E-state index contributed by atoms with van der Waals surface area (Å²) >= 11 is 3.26. The van der Waals surface area contributed by atoms with Crippen molar-refractivity contribution in [2.75, 3.05) is 25.2 Å². The molecule has 7 aromatic rings. The lowest BCUT2D eigenvalue weighted by molar-refractivity contribution is -0.143. The monoisotopic (exact) mass is 1030 g/mol. The highest BCUT2D eigenvalue weighted by atomic mass is 32.2. The Hall–Kier alpha value is -7.22. The fourth-order valence-electron chi connectivity index (χ4n) is 9.05. The van der Waals surface area contributed by atoms with Crippen molar-refractivity contribution in [1.29, 1.82) is 0 Å². The number of ether oxygens (including phenoxy) is 1. The van der Waals surface area contributed by atoms with E-state index in [2.05, 4.69) is 88.7 Å². The molecule has 0 heterocycles. The number of benzene rings is 7. The molecule has 0 unspecified atom stereocenters. The predicted molar refractivity (Wildman–Crippen MR) is 297 cm³/mol. The van der Waals surface area contributed by atoms with E-state index >= 15 is 0 Å². The Morgan fingerprint density at radius 1 is 0.541 bits per heavy atom. The molecule has 0 fully saturated rings. The number of aliphatic hydroxyl groups is 2. The first-order chi connectivity index (χ1) is 36.1. The Labute approximate surface area is 443 Å². The molecule has 0 aromatic heterocycles. The number of allylic oxidation sites excluding steroid dienone is 1. The maximum absolute atomic E-state index is 14.7. The van der Waals surface area contributed by atoms with Gasteiger partial charge < -0.3 is 30.9 Å². The molecule has 5 N–H and O–H groups in total. The van der Waals surface area contributed by atoms with Crippen LogP contribution < -0.4 is 16.0 Å². The van der Waals surface area contributed by atoms with Crippen molar-refractivity contribution in [3.63, 3.8) is 0 Å². The molecule has 380 valence electrons. The fraction of sp³-hybridized carbons (Fsp3) is 0.226. The van der Waals surface area contributed by atoms with Gasteiger partial charge in [0.25, 0.3) is 0 Å². The van der Waals surface area contributed by atoms with Crippen LogP contribution in [-0.4, -0.2) is 83.4 Å². The summed E-state index contributed by atoms with van der Waals surface area (Å²) in [5.74, 6) is -1.69. The number of carbonyl (C=O) groups is 4. The number of hydrogen-bond acceptors (Lipinski definition) is 9. The topological polar surface area (TPSA) is 154 Å². The highest BCUT2D eigenvalue weighted by Crippen LogP contribution is 2.50. The molecule has 0 bridgehead atoms. The first-order valence-corrected chi connectivity index (χ1v) is 26.7. The summed E-state index contributed by atoms with van der Waals surface area (Å²) in [6.45, 7) is -0.472. The number of esters is 1. The molecule has 3 amide bonds. The number of aliphatic hydroxyl groups excluding tert-OH is 2. The van der Waals surface area contributed by atoms with Gasteiger partial charge in [0.05, 0.1) is 54.2 Å². The first kappa shape index (κ1) is 54.6. The molecule has 7 rings (SSSR count). The number of carbonyl (C=O) groups excluding carboxylic acids is 4. The second-order valence-corrected chi connectivity index (χ2v) is 20.3. The Morgan fingerprint density at radius 3 is 1.36 bits per heavy atom. The molecule has 7 aromatic carbocycles. The van der Waals surface area contributed by atoms with Gasteiger partial charge in [-0.2, -0.15) is 0 Å². The van der Waals surface area contributed by atoms with Crippen molar-refractivity contribution < 1.29 is 34.1 Å². The van der Waals surface area contributed by atoms with Gasteiger partial charge in [-0.15, -0.1) is 23.5 Å². The van der Waals surface area contributed by atoms with Crippen molar-refractivity contribution in [2.45, 2.75) is 59.5 Å². The van der Waals surface area contributed by atoms with E-state index in [0.717, 1.165) is 38.9 Å². The van der Waals surface area contributed by atoms with Gasteiger partial charge in [0, 0.05) is 5.75 Å². The summed E-state index contributed by atoms with van der Waals surface area (Å²) in [5.41, 5.74) is 7.10. The zero-order valence-corrected chi connectivity index (χ0v) is 43.0. The van der Waals surface area contributed by atoms with Gasteiger partial charge in [0.15, 0.2) is 0 Å². The minimum absolute atomic E-state index is 0.0420. The zero-order valence-electron chi connectivity index (χ0n) is 41.4. The summed E-state index contributed by atoms with van der Waals surface area (Å²) in [5, 5.41) is 30.8. The highest BCUT2D eigenvalue weighted by molar-refractivity contribution is 8.00. The number of nitrogens with one attached hydrogen (secondary N) is 3.